The van der Waals surface area contributed by atoms with Crippen molar-refractivity contribution >= 4 is 29.0 Å². The molecule has 2 aromatic rings. The van der Waals surface area contributed by atoms with E-state index >= 15 is 0 Å². The molecule has 0 radical (unpaired) electrons. The molecule has 158 valence electrons. The molecular formula is C25H29ClN2O2. The fraction of sp³-hybridized carbons (Fsp3) is 0.400. The van der Waals surface area contributed by atoms with Crippen molar-refractivity contribution in [3.05, 3.63) is 70.2 Å². The highest BCUT2D eigenvalue weighted by atomic mass is 35.5. The molecule has 0 bridgehead atoms. The van der Waals surface area contributed by atoms with Crippen LogP contribution in [0.15, 0.2) is 48.5 Å². The van der Waals surface area contributed by atoms with Crippen molar-refractivity contribution in [2.45, 2.75) is 57.9 Å². The van der Waals surface area contributed by atoms with Crippen molar-refractivity contribution in [1.29, 1.82) is 5.41 Å². The third kappa shape index (κ3) is 5.57. The molecule has 4 nitrogen and oxygen atoms in total. The first-order chi connectivity index (χ1) is 14.3. The Morgan fingerprint density at radius 1 is 1.17 bits per heavy atom. The lowest BCUT2D eigenvalue weighted by atomic mass is 9.96. The number of ketones is 1. The van der Waals surface area contributed by atoms with Crippen LogP contribution >= 0.6 is 11.6 Å². The van der Waals surface area contributed by atoms with Crippen LogP contribution < -0.4 is 5.32 Å². The predicted molar refractivity (Wildman–Crippen MR) is 121 cm³/mol. The van der Waals surface area contributed by atoms with E-state index in [-0.39, 0.29) is 17.6 Å². The first-order valence-electron chi connectivity index (χ1n) is 10.6. The van der Waals surface area contributed by atoms with Crippen LogP contribution in [0.1, 0.15) is 62.1 Å². The van der Waals surface area contributed by atoms with Crippen LogP contribution in [0.5, 0.6) is 0 Å². The van der Waals surface area contributed by atoms with Crippen molar-refractivity contribution in [1.82, 2.24) is 5.32 Å². The molecule has 0 unspecified atom stereocenters. The van der Waals surface area contributed by atoms with Crippen molar-refractivity contribution in [2.24, 2.45) is 5.92 Å². The molecule has 1 aliphatic rings. The van der Waals surface area contributed by atoms with E-state index in [0.717, 1.165) is 30.4 Å². The molecule has 30 heavy (non-hydrogen) atoms. The maximum atomic E-state index is 12.7. The number of carbonyl (C=O) groups is 2. The Morgan fingerprint density at radius 3 is 2.57 bits per heavy atom. The number of carbonyl (C=O) groups excluding carboxylic acids is 2. The molecule has 2 N–H and O–H groups in total. The van der Waals surface area contributed by atoms with Gasteiger partial charge in [-0.1, -0.05) is 54.1 Å². The molecule has 1 fully saturated rings. The zero-order chi connectivity index (χ0) is 21.7. The zero-order valence-corrected chi connectivity index (χ0v) is 18.3. The summed E-state index contributed by atoms with van der Waals surface area (Å²) in [6.07, 6.45) is 3.55. The van der Waals surface area contributed by atoms with Crippen molar-refractivity contribution in [3.63, 3.8) is 0 Å². The third-order valence-electron chi connectivity index (χ3n) is 6.04. The fourth-order valence-electron chi connectivity index (χ4n) is 4.12. The SMILES string of the molecule is CC(=N)c1ccc(CCC(=O)[C@H](C)NC(=O)[C@@H]2CC[C@@H](c3ccccc3)C2)c(Cl)c1. The lowest BCUT2D eigenvalue weighted by molar-refractivity contribution is -0.129. The van der Waals surface area contributed by atoms with Gasteiger partial charge in [0.15, 0.2) is 5.78 Å². The molecule has 0 spiro atoms. The van der Waals surface area contributed by atoms with Crippen LogP contribution in [0.2, 0.25) is 5.02 Å². The molecule has 1 aliphatic carbocycles. The quantitative estimate of drug-likeness (QED) is 0.563. The molecule has 1 amide bonds. The minimum Gasteiger partial charge on any atom is -0.346 e. The van der Waals surface area contributed by atoms with Crippen LogP contribution in [0.4, 0.5) is 0 Å². The smallest absolute Gasteiger partial charge is 0.223 e. The molecule has 3 rings (SSSR count). The first-order valence-corrected chi connectivity index (χ1v) is 10.9. The number of hydrogen-bond acceptors (Lipinski definition) is 3. The van der Waals surface area contributed by atoms with E-state index in [4.69, 9.17) is 17.0 Å². The third-order valence-corrected chi connectivity index (χ3v) is 6.39. The summed E-state index contributed by atoms with van der Waals surface area (Å²) < 4.78 is 0. The van der Waals surface area contributed by atoms with E-state index in [0.29, 0.717) is 29.5 Å². The first kappa shape index (κ1) is 22.2. The van der Waals surface area contributed by atoms with Gasteiger partial charge in [-0.2, -0.15) is 0 Å². The minimum absolute atomic E-state index is 0.00401. The van der Waals surface area contributed by atoms with Gasteiger partial charge in [0, 0.05) is 23.1 Å². The number of hydrogen-bond donors (Lipinski definition) is 2. The normalized spacial score (nSPS) is 19.3. The van der Waals surface area contributed by atoms with Crippen molar-refractivity contribution < 1.29 is 9.59 Å². The standard InChI is InChI=1S/C25H29ClN2O2/c1-16(27)20-9-8-19(23(26)15-20)12-13-24(29)17(2)28-25(30)22-11-10-21(14-22)18-6-4-3-5-7-18/h3-9,15,17,21-22,27H,10-14H2,1-2H3,(H,28,30)/t17-,21+,22+/m0/s1. The monoisotopic (exact) mass is 424 g/mol. The molecule has 1 saturated carbocycles. The largest absolute Gasteiger partial charge is 0.346 e. The van der Waals surface area contributed by atoms with Gasteiger partial charge in [-0.05, 0) is 68.2 Å². The fourth-order valence-corrected chi connectivity index (χ4v) is 4.39. The van der Waals surface area contributed by atoms with Crippen molar-refractivity contribution in [3.8, 4) is 0 Å². The summed E-state index contributed by atoms with van der Waals surface area (Å²) in [6, 6.07) is 15.3. The second kappa shape index (κ2) is 10.0. The molecule has 0 saturated heterocycles. The lowest BCUT2D eigenvalue weighted by Gasteiger charge is -2.17. The van der Waals surface area contributed by atoms with Gasteiger partial charge in [0.05, 0.1) is 6.04 Å². The van der Waals surface area contributed by atoms with E-state index in [1.807, 2.05) is 30.3 Å². The van der Waals surface area contributed by atoms with Gasteiger partial charge in [-0.15, -0.1) is 0 Å². The molecule has 0 heterocycles. The van der Waals surface area contributed by atoms with Crippen LogP contribution in [0.25, 0.3) is 0 Å². The van der Waals surface area contributed by atoms with Gasteiger partial charge in [0.1, 0.15) is 0 Å². The molecule has 2 aromatic carbocycles. The summed E-state index contributed by atoms with van der Waals surface area (Å²) in [5.41, 5.74) is 3.41. The Labute approximate surface area is 183 Å². The summed E-state index contributed by atoms with van der Waals surface area (Å²) >= 11 is 6.29. The maximum Gasteiger partial charge on any atom is 0.223 e. The minimum atomic E-state index is -0.504. The van der Waals surface area contributed by atoms with E-state index < -0.39 is 6.04 Å². The van der Waals surface area contributed by atoms with Gasteiger partial charge in [-0.25, -0.2) is 0 Å². The molecule has 0 aliphatic heterocycles. The highest BCUT2D eigenvalue weighted by molar-refractivity contribution is 6.31. The summed E-state index contributed by atoms with van der Waals surface area (Å²) in [5.74, 6) is 0.377. The Bertz CT molecular complexity index is 926. The van der Waals surface area contributed by atoms with E-state index in [9.17, 15) is 9.59 Å². The van der Waals surface area contributed by atoms with Crippen LogP contribution in [-0.2, 0) is 16.0 Å². The van der Waals surface area contributed by atoms with E-state index in [2.05, 4.69) is 17.4 Å². The second-order valence-electron chi connectivity index (χ2n) is 8.25. The molecular weight excluding hydrogens is 396 g/mol. The summed E-state index contributed by atoms with van der Waals surface area (Å²) in [6.45, 7) is 3.47. The summed E-state index contributed by atoms with van der Waals surface area (Å²) in [4.78, 5) is 25.2. The highest BCUT2D eigenvalue weighted by Gasteiger charge is 2.31. The summed E-state index contributed by atoms with van der Waals surface area (Å²) in [5, 5.41) is 11.2. The van der Waals surface area contributed by atoms with Crippen molar-refractivity contribution in [2.75, 3.05) is 0 Å². The van der Waals surface area contributed by atoms with Gasteiger partial charge in [-0.3, -0.25) is 9.59 Å². The second-order valence-corrected chi connectivity index (χ2v) is 8.65. The van der Waals surface area contributed by atoms with Gasteiger partial charge in [0.25, 0.3) is 0 Å². The van der Waals surface area contributed by atoms with Crippen LogP contribution in [-0.4, -0.2) is 23.4 Å². The molecule has 3 atom stereocenters. The highest BCUT2D eigenvalue weighted by Crippen LogP contribution is 2.38. The average molecular weight is 425 g/mol. The van der Waals surface area contributed by atoms with Gasteiger partial charge < -0.3 is 10.7 Å². The van der Waals surface area contributed by atoms with Crippen LogP contribution in [0.3, 0.4) is 0 Å². The number of nitrogens with one attached hydrogen (secondary N) is 2. The molecule has 5 heteroatoms. The zero-order valence-electron chi connectivity index (χ0n) is 17.6. The lowest BCUT2D eigenvalue weighted by Crippen LogP contribution is -2.41. The van der Waals surface area contributed by atoms with Crippen LogP contribution in [0, 0.1) is 11.3 Å². The Kier molecular flexibility index (Phi) is 7.43. The topological polar surface area (TPSA) is 70.0 Å². The number of halogens is 1. The van der Waals surface area contributed by atoms with E-state index in [1.54, 1.807) is 19.9 Å². The summed E-state index contributed by atoms with van der Waals surface area (Å²) in [7, 11) is 0. The number of aryl methyl sites for hydroxylation is 1. The Morgan fingerprint density at radius 2 is 1.90 bits per heavy atom. The van der Waals surface area contributed by atoms with Gasteiger partial charge >= 0.3 is 0 Å². The Balaban J connectivity index is 1.48. The maximum absolute atomic E-state index is 12.7. The number of Topliss-reactive ketones (excluding diaryl/α,β-unsaturated/α-hetero) is 1. The number of amides is 1. The number of rotatable bonds is 8. The average Bonchev–Trinajstić information content (AvgIpc) is 3.23. The number of benzene rings is 2. The van der Waals surface area contributed by atoms with E-state index in [1.165, 1.54) is 5.56 Å². The Hall–Kier alpha value is -2.46. The molecule has 0 aromatic heterocycles. The van der Waals surface area contributed by atoms with Gasteiger partial charge in [0.2, 0.25) is 5.91 Å². The predicted octanol–water partition coefficient (Wildman–Crippen LogP) is 5.32.